The molecule has 1 aromatic carbocycles. The molecule has 1 atom stereocenters. The van der Waals surface area contributed by atoms with Gasteiger partial charge in [0.25, 0.3) is 5.91 Å². The van der Waals surface area contributed by atoms with E-state index >= 15 is 0 Å². The molecule has 2 heterocycles. The van der Waals surface area contributed by atoms with Crippen molar-refractivity contribution >= 4 is 34.6 Å². The highest BCUT2D eigenvalue weighted by Gasteiger charge is 2.28. The highest BCUT2D eigenvalue weighted by Crippen LogP contribution is 2.31. The van der Waals surface area contributed by atoms with Gasteiger partial charge >= 0.3 is 11.7 Å². The molecule has 29 heavy (non-hydrogen) atoms. The Labute approximate surface area is 172 Å². The van der Waals surface area contributed by atoms with Crippen LogP contribution in [-0.2, 0) is 9.53 Å². The minimum absolute atomic E-state index is 0.213. The van der Waals surface area contributed by atoms with Gasteiger partial charge in [-0.2, -0.15) is 0 Å². The normalized spacial score (nSPS) is 15.3. The van der Waals surface area contributed by atoms with E-state index in [0.717, 1.165) is 5.56 Å². The third-order valence-corrected chi connectivity index (χ3v) is 5.07. The van der Waals surface area contributed by atoms with Crippen LogP contribution in [0.3, 0.4) is 0 Å². The van der Waals surface area contributed by atoms with E-state index in [9.17, 15) is 14.4 Å². The summed E-state index contributed by atoms with van der Waals surface area (Å²) in [5.41, 5.74) is 0.622. The van der Waals surface area contributed by atoms with Crippen molar-refractivity contribution in [1.29, 1.82) is 0 Å². The summed E-state index contributed by atoms with van der Waals surface area (Å²) >= 11 is 6.31. The number of nitrogens with zero attached hydrogens (tertiary/aromatic N) is 2. The van der Waals surface area contributed by atoms with Gasteiger partial charge in [0.15, 0.2) is 6.10 Å². The van der Waals surface area contributed by atoms with Gasteiger partial charge in [0, 0.05) is 43.7 Å². The highest BCUT2D eigenvalue weighted by atomic mass is 35.5. The number of carbonyl (C=O) groups is 2. The van der Waals surface area contributed by atoms with Crippen LogP contribution in [0.25, 0.3) is 11.0 Å². The summed E-state index contributed by atoms with van der Waals surface area (Å²) in [6.07, 6.45) is -1.17. The monoisotopic (exact) mass is 422 g/mol. The van der Waals surface area contributed by atoms with Gasteiger partial charge in [-0.3, -0.25) is 4.79 Å². The minimum Gasteiger partial charge on any atom is -0.479 e. The van der Waals surface area contributed by atoms with E-state index in [1.165, 1.54) is 12.1 Å². The topological polar surface area (TPSA) is 89.3 Å². The second kappa shape index (κ2) is 8.73. The summed E-state index contributed by atoms with van der Waals surface area (Å²) in [4.78, 5) is 39.3. The average molecular weight is 423 g/mol. The van der Waals surface area contributed by atoms with Gasteiger partial charge in [0.2, 0.25) is 0 Å². The Balaban J connectivity index is 1.68. The zero-order chi connectivity index (χ0) is 21.1. The van der Waals surface area contributed by atoms with Gasteiger partial charge in [-0.15, -0.1) is 0 Å². The lowest BCUT2D eigenvalue weighted by Crippen LogP contribution is -2.53. The van der Waals surface area contributed by atoms with E-state index in [4.69, 9.17) is 25.5 Å². The molecule has 9 heteroatoms. The van der Waals surface area contributed by atoms with Crippen molar-refractivity contribution < 1.29 is 23.5 Å². The molecule has 0 bridgehead atoms. The number of fused-ring (bicyclic) bond motifs is 1. The molecule has 2 aromatic rings. The van der Waals surface area contributed by atoms with Gasteiger partial charge in [0.05, 0.1) is 11.6 Å². The average Bonchev–Trinajstić information content (AvgIpc) is 2.69. The number of aryl methyl sites for hydroxylation is 1. The van der Waals surface area contributed by atoms with Crippen molar-refractivity contribution in [3.8, 4) is 5.75 Å². The Morgan fingerprint density at radius 3 is 2.48 bits per heavy atom. The zero-order valence-corrected chi connectivity index (χ0v) is 17.3. The number of amides is 2. The maximum atomic E-state index is 12.7. The number of halogens is 1. The number of rotatable bonds is 4. The molecule has 0 spiro atoms. The van der Waals surface area contributed by atoms with Crippen LogP contribution in [0.2, 0.25) is 5.02 Å². The molecule has 0 N–H and O–H groups in total. The second-order valence-corrected chi connectivity index (χ2v) is 7.21. The van der Waals surface area contributed by atoms with Gasteiger partial charge in [-0.05, 0) is 32.4 Å². The molecule has 1 aliphatic heterocycles. The maximum Gasteiger partial charge on any atom is 0.409 e. The molecule has 1 unspecified atom stereocenters. The van der Waals surface area contributed by atoms with Crippen molar-refractivity contribution in [1.82, 2.24) is 9.80 Å². The molecule has 3 rings (SSSR count). The fourth-order valence-electron chi connectivity index (χ4n) is 3.23. The predicted molar refractivity (Wildman–Crippen MR) is 107 cm³/mol. The molecule has 2 amide bonds. The zero-order valence-electron chi connectivity index (χ0n) is 16.6. The summed E-state index contributed by atoms with van der Waals surface area (Å²) in [6.45, 7) is 7.08. The Morgan fingerprint density at radius 2 is 1.83 bits per heavy atom. The van der Waals surface area contributed by atoms with Gasteiger partial charge in [-0.1, -0.05) is 11.6 Å². The summed E-state index contributed by atoms with van der Waals surface area (Å²) in [5.74, 6) is 0.0503. The molecule has 0 radical (unpaired) electrons. The first kappa shape index (κ1) is 21.0. The van der Waals surface area contributed by atoms with E-state index in [1.54, 1.807) is 36.6 Å². The molecule has 8 nitrogen and oxygen atoms in total. The van der Waals surface area contributed by atoms with E-state index < -0.39 is 11.7 Å². The van der Waals surface area contributed by atoms with Gasteiger partial charge in [-0.25, -0.2) is 9.59 Å². The maximum absolute atomic E-state index is 12.7. The van der Waals surface area contributed by atoms with E-state index in [2.05, 4.69) is 0 Å². The van der Waals surface area contributed by atoms with Gasteiger partial charge in [0.1, 0.15) is 11.3 Å². The number of benzene rings is 1. The molecule has 0 aliphatic carbocycles. The quantitative estimate of drug-likeness (QED) is 0.704. The van der Waals surface area contributed by atoms with E-state index in [-0.39, 0.29) is 17.7 Å². The van der Waals surface area contributed by atoms with Crippen LogP contribution in [0, 0.1) is 6.92 Å². The van der Waals surface area contributed by atoms with Crippen molar-refractivity contribution in [2.75, 3.05) is 32.8 Å². The van der Waals surface area contributed by atoms with Crippen molar-refractivity contribution in [2.24, 2.45) is 0 Å². The number of piperazine rings is 1. The second-order valence-electron chi connectivity index (χ2n) is 6.80. The standard InChI is InChI=1S/C20H23ClN2O6/c1-4-27-20(26)23-7-5-22(6-8-23)19(25)13(3)28-17-11-16-14(10-15(17)21)12(2)9-18(24)29-16/h9-11,13H,4-8H2,1-3H3. The van der Waals surface area contributed by atoms with E-state index in [0.29, 0.717) is 48.8 Å². The molecule has 1 fully saturated rings. The van der Waals surface area contributed by atoms with Crippen LogP contribution in [0.15, 0.2) is 27.4 Å². The minimum atomic E-state index is -0.796. The number of ether oxygens (including phenoxy) is 2. The lowest BCUT2D eigenvalue weighted by molar-refractivity contribution is -0.139. The summed E-state index contributed by atoms with van der Waals surface area (Å²) in [5, 5.41) is 1.03. The molecule has 156 valence electrons. The van der Waals surface area contributed by atoms with Crippen LogP contribution < -0.4 is 10.4 Å². The van der Waals surface area contributed by atoms with Gasteiger partial charge < -0.3 is 23.7 Å². The molecular formula is C20H23ClN2O6. The fraction of sp³-hybridized carbons (Fsp3) is 0.450. The predicted octanol–water partition coefficient (Wildman–Crippen LogP) is 2.82. The van der Waals surface area contributed by atoms with Crippen LogP contribution in [0.1, 0.15) is 19.4 Å². The molecular weight excluding hydrogens is 400 g/mol. The Kier molecular flexibility index (Phi) is 6.32. The number of hydrogen-bond donors (Lipinski definition) is 0. The third-order valence-electron chi connectivity index (χ3n) is 4.77. The third kappa shape index (κ3) is 4.64. The Bertz CT molecular complexity index is 981. The molecule has 1 aromatic heterocycles. The first-order valence-corrected chi connectivity index (χ1v) is 9.79. The van der Waals surface area contributed by atoms with Crippen molar-refractivity contribution in [3.63, 3.8) is 0 Å². The molecule has 0 saturated carbocycles. The van der Waals surface area contributed by atoms with Crippen LogP contribution in [0.4, 0.5) is 4.79 Å². The summed E-state index contributed by atoms with van der Waals surface area (Å²) < 4.78 is 16.0. The largest absolute Gasteiger partial charge is 0.479 e. The Hall–Kier alpha value is -2.74. The fourth-order valence-corrected chi connectivity index (χ4v) is 3.44. The van der Waals surface area contributed by atoms with E-state index in [1.807, 2.05) is 0 Å². The molecule has 1 aliphatic rings. The highest BCUT2D eigenvalue weighted by molar-refractivity contribution is 6.32. The first-order valence-electron chi connectivity index (χ1n) is 9.41. The SMILES string of the molecule is CCOC(=O)N1CCN(C(=O)C(C)Oc2cc3oc(=O)cc(C)c3cc2Cl)CC1. The first-order chi connectivity index (χ1) is 13.8. The smallest absolute Gasteiger partial charge is 0.409 e. The lowest BCUT2D eigenvalue weighted by Gasteiger charge is -2.35. The van der Waals surface area contributed by atoms with Crippen LogP contribution in [0.5, 0.6) is 5.75 Å². The molecule has 1 saturated heterocycles. The Morgan fingerprint density at radius 1 is 1.17 bits per heavy atom. The number of hydrogen-bond acceptors (Lipinski definition) is 6. The summed E-state index contributed by atoms with van der Waals surface area (Å²) in [6, 6.07) is 4.57. The summed E-state index contributed by atoms with van der Waals surface area (Å²) in [7, 11) is 0. The van der Waals surface area contributed by atoms with Crippen LogP contribution in [-0.4, -0.2) is 60.7 Å². The van der Waals surface area contributed by atoms with Crippen molar-refractivity contribution in [2.45, 2.75) is 26.9 Å². The van der Waals surface area contributed by atoms with Crippen molar-refractivity contribution in [3.05, 3.63) is 39.2 Å². The number of carbonyl (C=O) groups excluding carboxylic acids is 2. The van der Waals surface area contributed by atoms with Crippen LogP contribution >= 0.6 is 11.6 Å². The lowest BCUT2D eigenvalue weighted by atomic mass is 10.1.